The Balaban J connectivity index is 2.31. The molecule has 164 valence electrons. The van der Waals surface area contributed by atoms with E-state index >= 15 is 0 Å². The zero-order valence-corrected chi connectivity index (χ0v) is 20.2. The molecule has 3 aromatic carbocycles. The Kier molecular flexibility index (Phi) is 6.48. The fourth-order valence-electron chi connectivity index (χ4n) is 3.68. The maximum Gasteiger partial charge on any atom is 0.287 e. The monoisotopic (exact) mass is 446 g/mol. The minimum atomic E-state index is -4.72. The number of hydrogen-bond donors (Lipinski definition) is 0. The van der Waals surface area contributed by atoms with Crippen molar-refractivity contribution in [1.29, 1.82) is 0 Å². The summed E-state index contributed by atoms with van der Waals surface area (Å²) in [5.41, 5.74) is 1.77. The van der Waals surface area contributed by atoms with Crippen molar-refractivity contribution in [3.05, 3.63) is 105 Å². The summed E-state index contributed by atoms with van der Waals surface area (Å²) in [6, 6.07) is 15.5. The lowest BCUT2D eigenvalue weighted by atomic mass is 10.1. The minimum Gasteiger partial charge on any atom is -0.298 e. The number of hydrogen-bond acceptors (Lipinski definition) is 4. The van der Waals surface area contributed by atoms with Crippen LogP contribution in [0.25, 0.3) is 0 Å². The summed E-state index contributed by atoms with van der Waals surface area (Å²) >= 11 is 0. The van der Waals surface area contributed by atoms with E-state index in [1.807, 2.05) is 18.2 Å². The molecule has 0 saturated heterocycles. The van der Waals surface area contributed by atoms with Gasteiger partial charge in [0.05, 0.1) is 0 Å². The molecule has 0 bridgehead atoms. The molecule has 32 heavy (non-hydrogen) atoms. The second kappa shape index (κ2) is 8.80. The van der Waals surface area contributed by atoms with E-state index in [9.17, 15) is 18.9 Å². The number of aryl methyl sites for hydroxylation is 6. The van der Waals surface area contributed by atoms with Crippen molar-refractivity contribution in [2.24, 2.45) is 0 Å². The first-order valence-electron chi connectivity index (χ1n) is 10.4. The van der Waals surface area contributed by atoms with Gasteiger partial charge in [0.2, 0.25) is 16.6 Å². The number of carbonyl (C=O) groups is 3. The summed E-state index contributed by atoms with van der Waals surface area (Å²) in [6.07, 6.45) is 0. The third-order valence-corrected chi connectivity index (χ3v) is 8.17. The van der Waals surface area contributed by atoms with Gasteiger partial charge in [0.15, 0.2) is 0 Å². The van der Waals surface area contributed by atoms with Crippen molar-refractivity contribution in [1.82, 2.24) is 0 Å². The molecule has 0 fully saturated rings. The van der Waals surface area contributed by atoms with E-state index in [0.29, 0.717) is 16.7 Å². The maximum absolute atomic E-state index is 14.5. The molecule has 0 aromatic heterocycles. The molecule has 0 saturated carbocycles. The van der Waals surface area contributed by atoms with Crippen molar-refractivity contribution in [2.45, 2.75) is 41.5 Å². The van der Waals surface area contributed by atoms with Crippen LogP contribution in [0.2, 0.25) is 0 Å². The van der Waals surface area contributed by atoms with Crippen LogP contribution in [0, 0.1) is 41.5 Å². The molecule has 4 nitrogen and oxygen atoms in total. The number of carbonyl (C=O) groups excluding carboxylic acids is 3. The van der Waals surface area contributed by atoms with E-state index in [1.54, 1.807) is 77.9 Å². The molecular formula is C27H27O4P. The lowest BCUT2D eigenvalue weighted by molar-refractivity contribution is 0.100. The van der Waals surface area contributed by atoms with E-state index < -0.39 is 23.7 Å². The van der Waals surface area contributed by atoms with Gasteiger partial charge in [-0.25, -0.2) is 0 Å². The highest BCUT2D eigenvalue weighted by molar-refractivity contribution is 8.07. The number of rotatable bonds is 6. The lowest BCUT2D eigenvalue weighted by Gasteiger charge is -2.19. The van der Waals surface area contributed by atoms with E-state index in [4.69, 9.17) is 0 Å². The van der Waals surface area contributed by atoms with Crippen LogP contribution < -0.4 is 0 Å². The summed E-state index contributed by atoms with van der Waals surface area (Å²) in [5.74, 6) is 0. The molecule has 0 aliphatic rings. The zero-order chi connectivity index (χ0) is 23.8. The summed E-state index contributed by atoms with van der Waals surface area (Å²) in [5, 5.41) is 0. The molecule has 0 radical (unpaired) electrons. The van der Waals surface area contributed by atoms with Crippen molar-refractivity contribution in [3.8, 4) is 0 Å². The Labute approximate surface area is 189 Å². The maximum atomic E-state index is 14.5. The lowest BCUT2D eigenvalue weighted by Crippen LogP contribution is -2.20. The van der Waals surface area contributed by atoms with Crippen molar-refractivity contribution < 1.29 is 18.9 Å². The van der Waals surface area contributed by atoms with E-state index in [0.717, 1.165) is 16.7 Å². The van der Waals surface area contributed by atoms with Gasteiger partial charge in [0.1, 0.15) is 0 Å². The molecule has 3 aromatic rings. The Morgan fingerprint density at radius 3 is 1.00 bits per heavy atom. The van der Waals surface area contributed by atoms with Gasteiger partial charge in [-0.3, -0.25) is 18.9 Å². The van der Waals surface area contributed by atoms with Gasteiger partial charge in [-0.2, -0.15) is 0 Å². The SMILES string of the molecule is Cc1ccc(C)c(C(=O)P(=O)(C(=O)c2cc(C)ccc2C)C(=O)c2cc(C)ccc2C)c1. The van der Waals surface area contributed by atoms with Gasteiger partial charge < -0.3 is 0 Å². The van der Waals surface area contributed by atoms with E-state index in [1.165, 1.54) is 0 Å². The Bertz CT molecular complexity index is 1160. The molecule has 0 atom stereocenters. The van der Waals surface area contributed by atoms with Crippen LogP contribution in [0.1, 0.15) is 64.5 Å². The second-order valence-corrected chi connectivity index (χ2v) is 10.9. The highest BCUT2D eigenvalue weighted by Crippen LogP contribution is 2.55. The molecule has 0 unspecified atom stereocenters. The van der Waals surface area contributed by atoms with Gasteiger partial charge in [0, 0.05) is 16.7 Å². The van der Waals surface area contributed by atoms with Gasteiger partial charge in [-0.05, 0) is 76.4 Å². The van der Waals surface area contributed by atoms with Crippen LogP contribution in [0.3, 0.4) is 0 Å². The van der Waals surface area contributed by atoms with Crippen LogP contribution in [0.5, 0.6) is 0 Å². The fraction of sp³-hybridized carbons (Fsp3) is 0.222. The molecule has 0 N–H and O–H groups in total. The first-order chi connectivity index (χ1) is 15.0. The van der Waals surface area contributed by atoms with E-state index in [-0.39, 0.29) is 16.7 Å². The van der Waals surface area contributed by atoms with Crippen molar-refractivity contribution >= 4 is 23.7 Å². The van der Waals surface area contributed by atoms with Gasteiger partial charge in [-0.15, -0.1) is 0 Å². The Morgan fingerprint density at radius 1 is 0.500 bits per heavy atom. The molecular weight excluding hydrogens is 419 g/mol. The summed E-state index contributed by atoms with van der Waals surface area (Å²) in [6.45, 7) is 10.5. The topological polar surface area (TPSA) is 68.3 Å². The molecule has 0 amide bonds. The molecule has 0 aliphatic heterocycles. The average molecular weight is 446 g/mol. The molecule has 0 spiro atoms. The molecule has 3 rings (SSSR count). The molecule has 0 aliphatic carbocycles. The van der Waals surface area contributed by atoms with E-state index in [2.05, 4.69) is 0 Å². The Morgan fingerprint density at radius 2 is 0.750 bits per heavy atom. The van der Waals surface area contributed by atoms with Crippen LogP contribution in [-0.2, 0) is 4.57 Å². The van der Waals surface area contributed by atoms with Crippen LogP contribution in [0.4, 0.5) is 0 Å². The predicted molar refractivity (Wildman–Crippen MR) is 128 cm³/mol. The average Bonchev–Trinajstić information content (AvgIpc) is 2.76. The highest BCUT2D eigenvalue weighted by Gasteiger charge is 2.49. The predicted octanol–water partition coefficient (Wildman–Crippen LogP) is 6.72. The minimum absolute atomic E-state index is 0.144. The summed E-state index contributed by atoms with van der Waals surface area (Å²) in [4.78, 5) is 41.3. The third kappa shape index (κ3) is 4.16. The van der Waals surface area contributed by atoms with Gasteiger partial charge in [0.25, 0.3) is 7.14 Å². The van der Waals surface area contributed by atoms with Gasteiger partial charge in [-0.1, -0.05) is 53.1 Å². The van der Waals surface area contributed by atoms with Crippen LogP contribution in [-0.4, -0.2) is 16.6 Å². The first-order valence-corrected chi connectivity index (χ1v) is 12.1. The first kappa shape index (κ1) is 23.6. The van der Waals surface area contributed by atoms with Crippen molar-refractivity contribution in [3.63, 3.8) is 0 Å². The largest absolute Gasteiger partial charge is 0.298 e. The fourth-order valence-corrected chi connectivity index (χ4v) is 5.98. The smallest absolute Gasteiger partial charge is 0.287 e. The summed E-state index contributed by atoms with van der Waals surface area (Å²) in [7, 11) is -4.72. The Hall–Kier alpha value is -3.10. The van der Waals surface area contributed by atoms with Crippen molar-refractivity contribution in [2.75, 3.05) is 0 Å². The standard InChI is InChI=1S/C27H27O4P/c1-16-7-10-19(4)22(13-16)25(28)32(31,26(29)23-14-17(2)8-11-20(23)5)27(30)24-15-18(3)9-12-21(24)6/h7-15H,1-6H3. The normalized spacial score (nSPS) is 11.3. The summed E-state index contributed by atoms with van der Waals surface area (Å²) < 4.78 is 14.5. The zero-order valence-electron chi connectivity index (χ0n) is 19.3. The number of benzene rings is 3. The molecule has 0 heterocycles. The third-order valence-electron chi connectivity index (χ3n) is 5.73. The van der Waals surface area contributed by atoms with Crippen LogP contribution in [0.15, 0.2) is 54.6 Å². The van der Waals surface area contributed by atoms with Crippen LogP contribution >= 0.6 is 7.14 Å². The second-order valence-electron chi connectivity index (χ2n) is 8.48. The van der Waals surface area contributed by atoms with Gasteiger partial charge >= 0.3 is 0 Å². The molecule has 5 heteroatoms. The quantitative estimate of drug-likeness (QED) is 0.394. The highest BCUT2D eigenvalue weighted by atomic mass is 31.2.